The fourth-order valence-electron chi connectivity index (χ4n) is 1.71. The number of carbonyl (C=O) groups is 1. The number of amides is 1. The lowest BCUT2D eigenvalue weighted by molar-refractivity contribution is -0.120. The summed E-state index contributed by atoms with van der Waals surface area (Å²) in [5.74, 6) is -0.156. The van der Waals surface area contributed by atoms with Gasteiger partial charge >= 0.3 is 0 Å². The Morgan fingerprint density at radius 3 is 2.89 bits per heavy atom. The van der Waals surface area contributed by atoms with Gasteiger partial charge in [0.15, 0.2) is 0 Å². The summed E-state index contributed by atoms with van der Waals surface area (Å²) in [6, 6.07) is 1.41. The molecule has 104 valence electrons. The van der Waals surface area contributed by atoms with Crippen molar-refractivity contribution >= 4 is 43.5 Å². The normalized spacial score (nSPS) is 17.9. The fraction of sp³-hybridized carbons (Fsp3) is 0.400. The highest BCUT2D eigenvalue weighted by Crippen LogP contribution is 2.26. The van der Waals surface area contributed by atoms with Gasteiger partial charge in [-0.05, 0) is 22.0 Å². The van der Waals surface area contributed by atoms with Crippen LogP contribution in [-0.4, -0.2) is 43.2 Å². The number of nitrogens with one attached hydrogen (secondary N) is 1. The molecule has 0 saturated carbocycles. The van der Waals surface area contributed by atoms with Crippen LogP contribution in [0.1, 0.15) is 6.42 Å². The highest BCUT2D eigenvalue weighted by atomic mass is 79.9. The summed E-state index contributed by atoms with van der Waals surface area (Å²) in [7, 11) is -3.75. The highest BCUT2D eigenvalue weighted by molar-refractivity contribution is 9.10. The molecule has 9 heteroatoms. The molecule has 1 fully saturated rings. The van der Waals surface area contributed by atoms with Gasteiger partial charge in [0.1, 0.15) is 10.0 Å². The summed E-state index contributed by atoms with van der Waals surface area (Å²) in [4.78, 5) is 15.0. The fourth-order valence-corrected chi connectivity index (χ4v) is 4.07. The SMILES string of the molecule is O=C1CCN(S(=O)(=O)c2cc(Br)cnc2Cl)CCN1. The van der Waals surface area contributed by atoms with Crippen molar-refractivity contribution in [3.05, 3.63) is 21.9 Å². The second-order valence-corrected chi connectivity index (χ2v) is 7.13. The van der Waals surface area contributed by atoms with E-state index in [4.69, 9.17) is 11.6 Å². The molecule has 1 aliphatic rings. The molecule has 2 heterocycles. The van der Waals surface area contributed by atoms with E-state index in [-0.39, 0.29) is 42.0 Å². The van der Waals surface area contributed by atoms with Crippen molar-refractivity contribution < 1.29 is 13.2 Å². The third kappa shape index (κ3) is 3.25. The van der Waals surface area contributed by atoms with Gasteiger partial charge in [-0.3, -0.25) is 4.79 Å². The van der Waals surface area contributed by atoms with Crippen LogP contribution in [0.25, 0.3) is 0 Å². The number of halogens is 2. The summed E-state index contributed by atoms with van der Waals surface area (Å²) in [5.41, 5.74) is 0. The Morgan fingerprint density at radius 1 is 1.42 bits per heavy atom. The summed E-state index contributed by atoms with van der Waals surface area (Å²) in [5, 5.41) is 2.54. The Bertz CT molecular complexity index is 608. The van der Waals surface area contributed by atoms with E-state index in [1.807, 2.05) is 0 Å². The van der Waals surface area contributed by atoms with Crippen LogP contribution in [-0.2, 0) is 14.8 Å². The molecule has 1 aromatic heterocycles. The van der Waals surface area contributed by atoms with E-state index in [2.05, 4.69) is 26.2 Å². The summed E-state index contributed by atoms with van der Waals surface area (Å²) in [6.07, 6.45) is 1.56. The van der Waals surface area contributed by atoms with Gasteiger partial charge in [0, 0.05) is 36.7 Å². The molecular weight excluding hydrogens is 358 g/mol. The largest absolute Gasteiger partial charge is 0.355 e. The van der Waals surface area contributed by atoms with Gasteiger partial charge in [-0.25, -0.2) is 13.4 Å². The van der Waals surface area contributed by atoms with Gasteiger partial charge < -0.3 is 5.32 Å². The van der Waals surface area contributed by atoms with Crippen LogP contribution in [0.15, 0.2) is 21.6 Å². The lowest BCUT2D eigenvalue weighted by atomic mass is 10.4. The maximum atomic E-state index is 12.5. The van der Waals surface area contributed by atoms with E-state index in [1.54, 1.807) is 0 Å². The van der Waals surface area contributed by atoms with Crippen LogP contribution in [0, 0.1) is 0 Å². The molecule has 1 saturated heterocycles. The van der Waals surface area contributed by atoms with Gasteiger partial charge in [0.2, 0.25) is 15.9 Å². The molecule has 1 amide bonds. The molecule has 19 heavy (non-hydrogen) atoms. The Kier molecular flexibility index (Phi) is 4.44. The minimum Gasteiger partial charge on any atom is -0.355 e. The smallest absolute Gasteiger partial charge is 0.246 e. The zero-order valence-corrected chi connectivity index (χ0v) is 12.9. The second-order valence-electron chi connectivity index (χ2n) is 3.95. The average molecular weight is 369 g/mol. The van der Waals surface area contributed by atoms with Gasteiger partial charge in [-0.15, -0.1) is 0 Å². The van der Waals surface area contributed by atoms with Gasteiger partial charge in [0.05, 0.1) is 0 Å². The Hall–Kier alpha value is -0.700. The molecular formula is C10H11BrClN3O3S. The van der Waals surface area contributed by atoms with Crippen LogP contribution < -0.4 is 5.32 Å². The van der Waals surface area contributed by atoms with Crippen LogP contribution in [0.2, 0.25) is 5.15 Å². The van der Waals surface area contributed by atoms with Crippen molar-refractivity contribution in [2.75, 3.05) is 19.6 Å². The van der Waals surface area contributed by atoms with Crippen molar-refractivity contribution in [2.45, 2.75) is 11.3 Å². The Morgan fingerprint density at radius 2 is 2.16 bits per heavy atom. The quantitative estimate of drug-likeness (QED) is 0.790. The van der Waals surface area contributed by atoms with Crippen LogP contribution >= 0.6 is 27.5 Å². The summed E-state index contributed by atoms with van der Waals surface area (Å²) < 4.78 is 26.7. The molecule has 0 unspecified atom stereocenters. The molecule has 0 aromatic carbocycles. The number of hydrogen-bond donors (Lipinski definition) is 1. The number of rotatable bonds is 2. The van der Waals surface area contributed by atoms with E-state index in [0.717, 1.165) is 0 Å². The summed E-state index contributed by atoms with van der Waals surface area (Å²) in [6.45, 7) is 0.644. The zero-order valence-electron chi connectivity index (χ0n) is 9.77. The number of aromatic nitrogens is 1. The first kappa shape index (κ1) is 14.7. The number of sulfonamides is 1. The van der Waals surface area contributed by atoms with Gasteiger partial charge in [0.25, 0.3) is 0 Å². The number of pyridine rings is 1. The van der Waals surface area contributed by atoms with E-state index < -0.39 is 10.0 Å². The molecule has 0 atom stereocenters. The molecule has 0 bridgehead atoms. The third-order valence-electron chi connectivity index (χ3n) is 2.66. The topological polar surface area (TPSA) is 79.4 Å². The summed E-state index contributed by atoms with van der Waals surface area (Å²) >= 11 is 9.02. The monoisotopic (exact) mass is 367 g/mol. The van der Waals surface area contributed by atoms with Crippen LogP contribution in [0.3, 0.4) is 0 Å². The van der Waals surface area contributed by atoms with Crippen molar-refractivity contribution in [3.63, 3.8) is 0 Å². The van der Waals surface area contributed by atoms with Crippen molar-refractivity contribution in [1.82, 2.24) is 14.6 Å². The Labute approximate surface area is 124 Å². The molecule has 0 radical (unpaired) electrons. The molecule has 1 aromatic rings. The van der Waals surface area contributed by atoms with Crippen molar-refractivity contribution in [3.8, 4) is 0 Å². The first-order valence-electron chi connectivity index (χ1n) is 5.49. The van der Waals surface area contributed by atoms with E-state index in [9.17, 15) is 13.2 Å². The lowest BCUT2D eigenvalue weighted by Gasteiger charge is -2.19. The van der Waals surface area contributed by atoms with Gasteiger partial charge in [-0.1, -0.05) is 11.6 Å². The molecule has 0 aliphatic carbocycles. The van der Waals surface area contributed by atoms with Crippen LogP contribution in [0.5, 0.6) is 0 Å². The minimum atomic E-state index is -3.75. The standard InChI is InChI=1S/C10H11BrClN3O3S/c11-7-5-8(10(12)14-6-7)19(17,18)15-3-1-9(16)13-2-4-15/h5-6H,1-4H2,(H,13,16). The molecule has 0 spiro atoms. The van der Waals surface area contributed by atoms with E-state index in [1.165, 1.54) is 16.6 Å². The first-order chi connectivity index (χ1) is 8.91. The molecule has 6 nitrogen and oxygen atoms in total. The first-order valence-corrected chi connectivity index (χ1v) is 8.10. The zero-order chi connectivity index (χ0) is 14.0. The predicted octanol–water partition coefficient (Wildman–Crippen LogP) is 1.01. The van der Waals surface area contributed by atoms with Crippen LogP contribution in [0.4, 0.5) is 0 Å². The molecule has 1 aliphatic heterocycles. The number of nitrogens with zero attached hydrogens (tertiary/aromatic N) is 2. The van der Waals surface area contributed by atoms with Crippen molar-refractivity contribution in [1.29, 1.82) is 0 Å². The van der Waals surface area contributed by atoms with E-state index >= 15 is 0 Å². The maximum Gasteiger partial charge on any atom is 0.246 e. The Balaban J connectivity index is 2.36. The maximum absolute atomic E-state index is 12.5. The predicted molar refractivity (Wildman–Crippen MR) is 73.3 cm³/mol. The molecule has 1 N–H and O–H groups in total. The second kappa shape index (κ2) is 5.74. The average Bonchev–Trinajstić information content (AvgIpc) is 2.57. The number of carbonyl (C=O) groups excluding carboxylic acids is 1. The highest BCUT2D eigenvalue weighted by Gasteiger charge is 2.29. The molecule has 2 rings (SSSR count). The van der Waals surface area contributed by atoms with Crippen molar-refractivity contribution in [2.24, 2.45) is 0 Å². The van der Waals surface area contributed by atoms with Gasteiger partial charge in [-0.2, -0.15) is 4.31 Å². The lowest BCUT2D eigenvalue weighted by Crippen LogP contribution is -2.34. The minimum absolute atomic E-state index is 0.0575. The third-order valence-corrected chi connectivity index (χ3v) is 5.42. The van der Waals surface area contributed by atoms with E-state index in [0.29, 0.717) is 4.47 Å². The number of hydrogen-bond acceptors (Lipinski definition) is 4.